The molecule has 1 rings (SSSR count). The second-order valence-electron chi connectivity index (χ2n) is 5.04. The van der Waals surface area contributed by atoms with Crippen molar-refractivity contribution in [3.63, 3.8) is 0 Å². The maximum Gasteiger partial charge on any atom is 0.231 e. The fourth-order valence-electron chi connectivity index (χ4n) is 2.91. The highest BCUT2D eigenvalue weighted by Crippen LogP contribution is 2.23. The van der Waals surface area contributed by atoms with Crippen molar-refractivity contribution in [1.29, 1.82) is 0 Å². The van der Waals surface area contributed by atoms with Crippen molar-refractivity contribution >= 4 is 5.91 Å². The van der Waals surface area contributed by atoms with Gasteiger partial charge in [-0.25, -0.2) is 0 Å². The Hall–Kier alpha value is -0.610. The number of likely N-dealkylation sites (tertiary alicyclic amines) is 1. The van der Waals surface area contributed by atoms with Crippen LogP contribution in [0.1, 0.15) is 33.6 Å². The third-order valence-corrected chi connectivity index (χ3v) is 4.08. The summed E-state index contributed by atoms with van der Waals surface area (Å²) in [5.74, 6) is 0.555. The van der Waals surface area contributed by atoms with Crippen molar-refractivity contribution < 1.29 is 4.79 Å². The molecule has 1 aliphatic heterocycles. The summed E-state index contributed by atoms with van der Waals surface area (Å²) in [5, 5.41) is 0. The van der Waals surface area contributed by atoms with E-state index in [1.807, 2.05) is 0 Å². The Bertz CT molecular complexity index is 233. The Labute approximate surface area is 105 Å². The summed E-state index contributed by atoms with van der Waals surface area (Å²) in [7, 11) is 0. The summed E-state index contributed by atoms with van der Waals surface area (Å²) in [5.41, 5.74) is 5.22. The van der Waals surface area contributed by atoms with Crippen molar-refractivity contribution in [3.8, 4) is 0 Å². The van der Waals surface area contributed by atoms with Crippen LogP contribution in [0, 0.1) is 5.92 Å². The van der Waals surface area contributed by atoms with Gasteiger partial charge in [-0.1, -0.05) is 13.8 Å². The number of hydrogen-bond acceptors (Lipinski definition) is 3. The molecule has 100 valence electrons. The lowest BCUT2D eigenvalue weighted by atomic mass is 9.89. The minimum Gasteiger partial charge on any atom is -0.369 e. The van der Waals surface area contributed by atoms with Gasteiger partial charge >= 0.3 is 0 Å². The molecule has 1 fully saturated rings. The molecular formula is C13H27N3O. The van der Waals surface area contributed by atoms with E-state index in [0.717, 1.165) is 32.1 Å². The molecule has 1 heterocycles. The third kappa shape index (κ3) is 4.28. The lowest BCUT2D eigenvalue weighted by Crippen LogP contribution is -2.45. The van der Waals surface area contributed by atoms with Crippen LogP contribution < -0.4 is 5.73 Å². The molecule has 1 aliphatic rings. The molecule has 4 nitrogen and oxygen atoms in total. The fourth-order valence-corrected chi connectivity index (χ4v) is 2.91. The normalized spacial score (nSPS) is 20.7. The van der Waals surface area contributed by atoms with Crippen LogP contribution >= 0.6 is 0 Å². The number of nitrogens with zero attached hydrogens (tertiary/aromatic N) is 2. The molecule has 0 spiro atoms. The van der Waals surface area contributed by atoms with Crippen molar-refractivity contribution in [1.82, 2.24) is 9.80 Å². The number of piperidine rings is 1. The van der Waals surface area contributed by atoms with Gasteiger partial charge in [-0.15, -0.1) is 0 Å². The molecule has 17 heavy (non-hydrogen) atoms. The second kappa shape index (κ2) is 6.97. The summed E-state index contributed by atoms with van der Waals surface area (Å²) in [4.78, 5) is 15.6. The van der Waals surface area contributed by atoms with Crippen LogP contribution in [0.4, 0.5) is 0 Å². The largest absolute Gasteiger partial charge is 0.369 e. The third-order valence-electron chi connectivity index (χ3n) is 4.08. The van der Waals surface area contributed by atoms with Gasteiger partial charge in [0.25, 0.3) is 0 Å². The number of rotatable bonds is 6. The van der Waals surface area contributed by atoms with Gasteiger partial charge in [0.15, 0.2) is 0 Å². The number of carbonyl (C=O) groups is 1. The fraction of sp³-hybridized carbons (Fsp3) is 0.923. The van der Waals surface area contributed by atoms with Gasteiger partial charge < -0.3 is 10.6 Å². The van der Waals surface area contributed by atoms with E-state index in [-0.39, 0.29) is 5.91 Å². The van der Waals surface area contributed by atoms with Gasteiger partial charge in [0, 0.05) is 6.04 Å². The van der Waals surface area contributed by atoms with Gasteiger partial charge in [0.2, 0.25) is 5.91 Å². The van der Waals surface area contributed by atoms with Crippen LogP contribution in [0.5, 0.6) is 0 Å². The van der Waals surface area contributed by atoms with E-state index in [9.17, 15) is 4.79 Å². The molecule has 4 heteroatoms. The maximum atomic E-state index is 10.9. The SMILES string of the molecule is CCN(CC)C(C)C1CCN(CC(N)=O)CC1. The van der Waals surface area contributed by atoms with Crippen molar-refractivity contribution in [2.24, 2.45) is 11.7 Å². The van der Waals surface area contributed by atoms with Gasteiger partial charge in [-0.05, 0) is 51.9 Å². The molecule has 1 unspecified atom stereocenters. The maximum absolute atomic E-state index is 10.9. The minimum absolute atomic E-state index is 0.208. The zero-order valence-electron chi connectivity index (χ0n) is 11.5. The van der Waals surface area contributed by atoms with E-state index in [1.54, 1.807) is 0 Å². The highest BCUT2D eigenvalue weighted by atomic mass is 16.1. The van der Waals surface area contributed by atoms with E-state index in [0.29, 0.717) is 12.6 Å². The Morgan fingerprint density at radius 2 is 1.88 bits per heavy atom. The standard InChI is InChI=1S/C13H27N3O/c1-4-16(5-2)11(3)12-6-8-15(9-7-12)10-13(14)17/h11-12H,4-10H2,1-3H3,(H2,14,17). The number of carbonyl (C=O) groups excluding carboxylic acids is 1. The Morgan fingerprint density at radius 3 is 2.29 bits per heavy atom. The molecule has 0 bridgehead atoms. The number of amides is 1. The second-order valence-corrected chi connectivity index (χ2v) is 5.04. The monoisotopic (exact) mass is 241 g/mol. The average molecular weight is 241 g/mol. The van der Waals surface area contributed by atoms with Crippen molar-refractivity contribution in [2.75, 3.05) is 32.7 Å². The van der Waals surface area contributed by atoms with E-state index in [2.05, 4.69) is 30.6 Å². The molecule has 0 aromatic carbocycles. The van der Waals surface area contributed by atoms with E-state index >= 15 is 0 Å². The summed E-state index contributed by atoms with van der Waals surface area (Å²) < 4.78 is 0. The van der Waals surface area contributed by atoms with Gasteiger partial charge in [0.05, 0.1) is 6.54 Å². The number of hydrogen-bond donors (Lipinski definition) is 1. The molecule has 0 saturated carbocycles. The van der Waals surface area contributed by atoms with Gasteiger partial charge in [-0.2, -0.15) is 0 Å². The van der Waals surface area contributed by atoms with E-state index in [4.69, 9.17) is 5.73 Å². The van der Waals surface area contributed by atoms with Crippen LogP contribution in [0.3, 0.4) is 0 Å². The smallest absolute Gasteiger partial charge is 0.231 e. The summed E-state index contributed by atoms with van der Waals surface area (Å²) >= 11 is 0. The predicted molar refractivity (Wildman–Crippen MR) is 70.7 cm³/mol. The van der Waals surface area contributed by atoms with E-state index in [1.165, 1.54) is 12.8 Å². The molecule has 2 N–H and O–H groups in total. The summed E-state index contributed by atoms with van der Waals surface area (Å²) in [6, 6.07) is 0.653. The molecule has 0 aromatic rings. The zero-order valence-corrected chi connectivity index (χ0v) is 11.5. The van der Waals surface area contributed by atoms with Crippen molar-refractivity contribution in [2.45, 2.75) is 39.7 Å². The predicted octanol–water partition coefficient (Wildman–Crippen LogP) is 0.914. The minimum atomic E-state index is -0.208. The van der Waals surface area contributed by atoms with Crippen LogP contribution in [0.25, 0.3) is 0 Å². The van der Waals surface area contributed by atoms with Crippen LogP contribution in [-0.4, -0.2) is 54.5 Å². The molecule has 0 aliphatic carbocycles. The topological polar surface area (TPSA) is 49.6 Å². The summed E-state index contributed by atoms with van der Waals surface area (Å²) in [6.45, 7) is 11.5. The van der Waals surface area contributed by atoms with E-state index < -0.39 is 0 Å². The molecular weight excluding hydrogens is 214 g/mol. The first-order chi connectivity index (χ1) is 8.08. The Balaban J connectivity index is 2.37. The first-order valence-corrected chi connectivity index (χ1v) is 6.83. The quantitative estimate of drug-likeness (QED) is 0.752. The first-order valence-electron chi connectivity index (χ1n) is 6.83. The lowest BCUT2D eigenvalue weighted by Gasteiger charge is -2.38. The van der Waals surface area contributed by atoms with Crippen molar-refractivity contribution in [3.05, 3.63) is 0 Å². The van der Waals surface area contributed by atoms with Crippen LogP contribution in [0.2, 0.25) is 0 Å². The van der Waals surface area contributed by atoms with Gasteiger partial charge in [-0.3, -0.25) is 9.69 Å². The lowest BCUT2D eigenvalue weighted by molar-refractivity contribution is -0.119. The molecule has 0 aromatic heterocycles. The number of primary amides is 1. The molecule has 1 amide bonds. The van der Waals surface area contributed by atoms with Gasteiger partial charge in [0.1, 0.15) is 0 Å². The molecule has 1 saturated heterocycles. The highest BCUT2D eigenvalue weighted by molar-refractivity contribution is 5.75. The summed E-state index contributed by atoms with van der Waals surface area (Å²) in [6.07, 6.45) is 2.37. The number of nitrogens with two attached hydrogens (primary N) is 1. The Kier molecular flexibility index (Phi) is 5.92. The van der Waals surface area contributed by atoms with Crippen LogP contribution in [-0.2, 0) is 4.79 Å². The molecule has 1 atom stereocenters. The molecule has 0 radical (unpaired) electrons. The zero-order chi connectivity index (χ0) is 12.8. The Morgan fingerprint density at radius 1 is 1.35 bits per heavy atom. The highest BCUT2D eigenvalue weighted by Gasteiger charge is 2.26. The average Bonchev–Trinajstić information content (AvgIpc) is 2.30. The first kappa shape index (κ1) is 14.5. The van der Waals surface area contributed by atoms with Crippen LogP contribution in [0.15, 0.2) is 0 Å².